The fourth-order valence-electron chi connectivity index (χ4n) is 3.19. The lowest BCUT2D eigenvalue weighted by Crippen LogP contribution is -2.36. The molecular formula is C21H21N5O2. The molecule has 0 spiro atoms. The number of nitrogens with zero attached hydrogens (tertiary/aromatic N) is 5. The molecule has 2 aromatic heterocycles. The highest BCUT2D eigenvalue weighted by molar-refractivity contribution is 5.91. The first-order chi connectivity index (χ1) is 13.7. The molecular weight excluding hydrogens is 354 g/mol. The summed E-state index contributed by atoms with van der Waals surface area (Å²) in [6.07, 6.45) is 8.38. The van der Waals surface area contributed by atoms with Crippen LogP contribution in [0.1, 0.15) is 35.9 Å². The lowest BCUT2D eigenvalue weighted by molar-refractivity contribution is -0.127. The van der Waals surface area contributed by atoms with Crippen LogP contribution >= 0.6 is 0 Å². The highest BCUT2D eigenvalue weighted by atomic mass is 16.4. The zero-order chi connectivity index (χ0) is 19.3. The number of carbonyl (C=O) groups is 1. The lowest BCUT2D eigenvalue weighted by atomic mass is 9.97. The summed E-state index contributed by atoms with van der Waals surface area (Å²) in [5, 5.41) is 8.28. The Morgan fingerprint density at radius 2 is 1.89 bits per heavy atom. The maximum atomic E-state index is 12.4. The number of aromatic nitrogens is 4. The maximum absolute atomic E-state index is 12.4. The van der Waals surface area contributed by atoms with Crippen molar-refractivity contribution in [3.05, 3.63) is 65.9 Å². The zero-order valence-corrected chi connectivity index (χ0v) is 15.7. The summed E-state index contributed by atoms with van der Waals surface area (Å²) >= 11 is 0. The molecule has 28 heavy (non-hydrogen) atoms. The quantitative estimate of drug-likeness (QED) is 0.651. The Balaban J connectivity index is 1.35. The van der Waals surface area contributed by atoms with Gasteiger partial charge in [-0.25, -0.2) is 4.98 Å². The molecule has 1 aliphatic rings. The minimum Gasteiger partial charge on any atom is -0.419 e. The Kier molecular flexibility index (Phi) is 5.23. The first kappa shape index (κ1) is 18.0. The highest BCUT2D eigenvalue weighted by Gasteiger charge is 2.27. The molecule has 1 fully saturated rings. The maximum Gasteiger partial charge on any atom is 0.267 e. The van der Waals surface area contributed by atoms with E-state index >= 15 is 0 Å². The number of hydrogen-bond acceptors (Lipinski definition) is 6. The summed E-state index contributed by atoms with van der Waals surface area (Å²) in [6, 6.07) is 9.81. The third kappa shape index (κ3) is 4.14. The van der Waals surface area contributed by atoms with E-state index in [2.05, 4.69) is 20.2 Å². The summed E-state index contributed by atoms with van der Waals surface area (Å²) in [4.78, 5) is 22.7. The molecule has 7 heteroatoms. The average molecular weight is 375 g/mol. The van der Waals surface area contributed by atoms with Gasteiger partial charge >= 0.3 is 0 Å². The van der Waals surface area contributed by atoms with E-state index in [1.54, 1.807) is 18.5 Å². The van der Waals surface area contributed by atoms with Crippen molar-refractivity contribution in [2.75, 3.05) is 13.1 Å². The number of likely N-dealkylation sites (tertiary alicyclic amines) is 1. The summed E-state index contributed by atoms with van der Waals surface area (Å²) in [5.41, 5.74) is 2.42. The molecule has 142 valence electrons. The minimum atomic E-state index is 0.0310. The van der Waals surface area contributed by atoms with Gasteiger partial charge < -0.3 is 9.32 Å². The van der Waals surface area contributed by atoms with Crippen molar-refractivity contribution in [1.82, 2.24) is 25.1 Å². The molecule has 0 aliphatic carbocycles. The number of aryl methyl sites for hydroxylation is 1. The SMILES string of the molecule is Cc1cnc(-c2nnc(C3CCN(C(=O)/C=C/c4ccccc4)CC3)o2)cn1. The first-order valence-corrected chi connectivity index (χ1v) is 9.33. The molecule has 4 rings (SSSR count). The molecule has 3 aromatic rings. The first-order valence-electron chi connectivity index (χ1n) is 9.33. The van der Waals surface area contributed by atoms with Gasteiger partial charge in [0.2, 0.25) is 11.8 Å². The van der Waals surface area contributed by atoms with Gasteiger partial charge in [-0.15, -0.1) is 10.2 Å². The number of benzene rings is 1. The third-order valence-electron chi connectivity index (χ3n) is 4.81. The second-order valence-electron chi connectivity index (χ2n) is 6.83. The Bertz CT molecular complexity index is 958. The fraction of sp³-hybridized carbons (Fsp3) is 0.286. The predicted octanol–water partition coefficient (Wildman–Crippen LogP) is 3.25. The van der Waals surface area contributed by atoms with Crippen LogP contribution < -0.4 is 0 Å². The fourth-order valence-corrected chi connectivity index (χ4v) is 3.19. The van der Waals surface area contributed by atoms with E-state index in [9.17, 15) is 4.79 Å². The molecule has 1 aliphatic heterocycles. The summed E-state index contributed by atoms with van der Waals surface area (Å²) in [6.45, 7) is 3.22. The Morgan fingerprint density at radius 3 is 2.61 bits per heavy atom. The van der Waals surface area contributed by atoms with Crippen LogP contribution in [0.15, 0.2) is 53.2 Å². The van der Waals surface area contributed by atoms with Gasteiger partial charge in [-0.2, -0.15) is 0 Å². The Labute approximate surface area is 163 Å². The van der Waals surface area contributed by atoms with Gasteiger partial charge in [-0.05, 0) is 31.4 Å². The van der Waals surface area contributed by atoms with Crippen molar-refractivity contribution in [2.45, 2.75) is 25.7 Å². The number of hydrogen-bond donors (Lipinski definition) is 0. The minimum absolute atomic E-state index is 0.0310. The van der Waals surface area contributed by atoms with Crippen LogP contribution in [0.2, 0.25) is 0 Å². The zero-order valence-electron chi connectivity index (χ0n) is 15.7. The van der Waals surface area contributed by atoms with E-state index in [-0.39, 0.29) is 11.8 Å². The van der Waals surface area contributed by atoms with Gasteiger partial charge in [0.25, 0.3) is 5.89 Å². The van der Waals surface area contributed by atoms with Crippen LogP contribution in [0, 0.1) is 6.92 Å². The highest BCUT2D eigenvalue weighted by Crippen LogP contribution is 2.29. The van der Waals surface area contributed by atoms with Gasteiger partial charge in [-0.3, -0.25) is 9.78 Å². The Morgan fingerprint density at radius 1 is 1.11 bits per heavy atom. The number of amides is 1. The standard InChI is InChI=1S/C21H21N5O2/c1-15-13-23-18(14-22-15)21-25-24-20(28-21)17-9-11-26(12-10-17)19(27)8-7-16-5-3-2-4-6-16/h2-8,13-14,17H,9-12H2,1H3/b8-7+. The van der Waals surface area contributed by atoms with E-state index < -0.39 is 0 Å². The van der Waals surface area contributed by atoms with Crippen molar-refractivity contribution in [3.63, 3.8) is 0 Å². The van der Waals surface area contributed by atoms with Crippen molar-refractivity contribution in [1.29, 1.82) is 0 Å². The smallest absolute Gasteiger partial charge is 0.267 e. The van der Waals surface area contributed by atoms with Crippen molar-refractivity contribution < 1.29 is 9.21 Å². The number of carbonyl (C=O) groups excluding carboxylic acids is 1. The summed E-state index contributed by atoms with van der Waals surface area (Å²) in [7, 11) is 0. The van der Waals surface area contributed by atoms with Crippen LogP contribution in [0.25, 0.3) is 17.7 Å². The van der Waals surface area contributed by atoms with Gasteiger partial charge in [0.05, 0.1) is 11.9 Å². The molecule has 0 unspecified atom stereocenters. The average Bonchev–Trinajstić information content (AvgIpc) is 3.24. The molecule has 0 radical (unpaired) electrons. The molecule has 0 saturated carbocycles. The normalized spacial score (nSPS) is 15.2. The second-order valence-corrected chi connectivity index (χ2v) is 6.83. The molecule has 7 nitrogen and oxygen atoms in total. The monoisotopic (exact) mass is 375 g/mol. The molecule has 1 saturated heterocycles. The lowest BCUT2D eigenvalue weighted by Gasteiger charge is -2.29. The van der Waals surface area contributed by atoms with Crippen LogP contribution in [-0.2, 0) is 4.79 Å². The van der Waals surface area contributed by atoms with Crippen LogP contribution in [0.3, 0.4) is 0 Å². The predicted molar refractivity (Wildman–Crippen MR) is 104 cm³/mol. The van der Waals surface area contributed by atoms with Gasteiger partial charge in [0.15, 0.2) is 0 Å². The second kappa shape index (κ2) is 8.12. The van der Waals surface area contributed by atoms with E-state index in [1.165, 1.54) is 0 Å². The molecule has 0 atom stereocenters. The van der Waals surface area contributed by atoms with Crippen molar-refractivity contribution >= 4 is 12.0 Å². The molecule has 0 bridgehead atoms. The van der Waals surface area contributed by atoms with E-state index in [0.717, 1.165) is 24.1 Å². The van der Waals surface area contributed by atoms with Crippen molar-refractivity contribution in [2.24, 2.45) is 0 Å². The third-order valence-corrected chi connectivity index (χ3v) is 4.81. The van der Waals surface area contributed by atoms with E-state index in [0.29, 0.717) is 30.6 Å². The topological polar surface area (TPSA) is 85.0 Å². The van der Waals surface area contributed by atoms with Crippen LogP contribution in [0.5, 0.6) is 0 Å². The van der Waals surface area contributed by atoms with Crippen LogP contribution in [0.4, 0.5) is 0 Å². The Hall–Kier alpha value is -3.35. The molecule has 1 aromatic carbocycles. The van der Waals surface area contributed by atoms with Crippen molar-refractivity contribution in [3.8, 4) is 11.6 Å². The van der Waals surface area contributed by atoms with Crippen LogP contribution in [-0.4, -0.2) is 44.1 Å². The van der Waals surface area contributed by atoms with Gasteiger partial charge in [0, 0.05) is 31.3 Å². The van der Waals surface area contributed by atoms with Gasteiger partial charge in [-0.1, -0.05) is 30.3 Å². The van der Waals surface area contributed by atoms with Gasteiger partial charge in [0.1, 0.15) is 5.69 Å². The number of rotatable bonds is 4. The molecule has 3 heterocycles. The molecule has 0 N–H and O–H groups in total. The summed E-state index contributed by atoms with van der Waals surface area (Å²) in [5.74, 6) is 1.17. The van der Waals surface area contributed by atoms with E-state index in [1.807, 2.05) is 48.2 Å². The summed E-state index contributed by atoms with van der Waals surface area (Å²) < 4.78 is 5.81. The number of piperidine rings is 1. The molecule has 1 amide bonds. The van der Waals surface area contributed by atoms with E-state index in [4.69, 9.17) is 4.42 Å². The largest absolute Gasteiger partial charge is 0.419 e.